The van der Waals surface area contributed by atoms with Crippen molar-refractivity contribution < 1.29 is 33.7 Å². The summed E-state index contributed by atoms with van der Waals surface area (Å²) < 4.78 is 16.1. The highest BCUT2D eigenvalue weighted by Crippen LogP contribution is 2.73. The average Bonchev–Trinajstić information content (AvgIpc) is 3.56. The molecular formula is C30H31ClNO7+. The molecule has 5 rings (SSSR count). The molecule has 0 saturated heterocycles. The summed E-state index contributed by atoms with van der Waals surface area (Å²) >= 11 is 6.33. The number of Topliss-reactive ketones (excluding diaryl/α,β-unsaturated/α-hetero) is 1. The summed E-state index contributed by atoms with van der Waals surface area (Å²) in [6, 6.07) is 10.9. The summed E-state index contributed by atoms with van der Waals surface area (Å²) in [5.41, 5.74) is 0.141. The SMILES string of the molecule is COc1cc(OC)c(C(=[OH+])[C@]23C[C@]2(C)CC2=C(C3=O)C(c3ccccc3)C=C(C(=O)OC(C)C)N2)c(O)c1Cl. The molecule has 2 aromatic rings. The molecule has 1 unspecified atom stereocenters. The molecule has 1 saturated carbocycles. The van der Waals surface area contributed by atoms with Crippen LogP contribution >= 0.6 is 11.6 Å². The van der Waals surface area contributed by atoms with Crippen LogP contribution in [0.4, 0.5) is 0 Å². The zero-order valence-electron chi connectivity index (χ0n) is 22.4. The molecule has 9 heteroatoms. The molecule has 39 heavy (non-hydrogen) atoms. The smallest absolute Gasteiger partial charge is 0.354 e. The molecule has 1 fully saturated rings. The van der Waals surface area contributed by atoms with Gasteiger partial charge in [-0.3, -0.25) is 9.59 Å². The van der Waals surface area contributed by atoms with E-state index in [2.05, 4.69) is 5.32 Å². The first-order valence-corrected chi connectivity index (χ1v) is 13.1. The molecule has 0 spiro atoms. The van der Waals surface area contributed by atoms with Gasteiger partial charge in [0.2, 0.25) is 0 Å². The van der Waals surface area contributed by atoms with Gasteiger partial charge in [0, 0.05) is 28.7 Å². The second-order valence-electron chi connectivity index (χ2n) is 10.8. The van der Waals surface area contributed by atoms with Crippen LogP contribution in [0, 0.1) is 10.8 Å². The van der Waals surface area contributed by atoms with Crippen molar-refractivity contribution in [2.45, 2.75) is 45.6 Å². The molecule has 3 atom stereocenters. The number of hydrogen-bond donors (Lipinski definition) is 2. The van der Waals surface area contributed by atoms with Crippen LogP contribution in [0.1, 0.15) is 50.7 Å². The standard InChI is InChI=1S/C30H30ClNO7/c1-15(2)39-28(36)18-11-17(16-9-7-6-8-10-16)22-19(32-18)13-29(3)14-30(29,26(22)34)27(35)23-20(37-4)12-21(38-5)24(31)25(23)33/h6-12,15,17,32-33H,13-14H2,1-5H3/p+1/t17?,29-,30+/m0/s1. The summed E-state index contributed by atoms with van der Waals surface area (Å²) in [5, 5.41) is 14.1. The van der Waals surface area contributed by atoms with Gasteiger partial charge < -0.3 is 24.6 Å². The first-order valence-electron chi connectivity index (χ1n) is 12.7. The number of phenolic OH excluding ortho intramolecular Hbond substituents is 1. The molecule has 0 aromatic heterocycles. The van der Waals surface area contributed by atoms with Gasteiger partial charge in [-0.05, 0) is 38.3 Å². The Kier molecular flexibility index (Phi) is 6.50. The van der Waals surface area contributed by atoms with E-state index >= 15 is 0 Å². The van der Waals surface area contributed by atoms with E-state index in [1.54, 1.807) is 19.9 Å². The molecule has 0 bridgehead atoms. The van der Waals surface area contributed by atoms with Gasteiger partial charge >= 0.3 is 11.8 Å². The van der Waals surface area contributed by atoms with Gasteiger partial charge in [-0.2, -0.15) is 0 Å². The maximum absolute atomic E-state index is 14.5. The number of nitrogens with one attached hydrogen (secondary N) is 1. The zero-order chi connectivity index (χ0) is 28.3. The van der Waals surface area contributed by atoms with E-state index in [0.29, 0.717) is 24.1 Å². The summed E-state index contributed by atoms with van der Waals surface area (Å²) in [4.78, 5) is 39.2. The number of methoxy groups -OCH3 is 2. The number of ketones is 2. The maximum Gasteiger partial charge on any atom is 0.354 e. The number of rotatable bonds is 7. The van der Waals surface area contributed by atoms with Crippen molar-refractivity contribution in [1.29, 1.82) is 0 Å². The second-order valence-corrected chi connectivity index (χ2v) is 11.1. The Bertz CT molecular complexity index is 1460. The normalized spacial score (nSPS) is 25.3. The third-order valence-corrected chi connectivity index (χ3v) is 8.35. The van der Waals surface area contributed by atoms with Gasteiger partial charge in [-0.1, -0.05) is 48.9 Å². The van der Waals surface area contributed by atoms with E-state index in [1.165, 1.54) is 20.3 Å². The topological polar surface area (TPSA) is 115 Å². The van der Waals surface area contributed by atoms with E-state index in [1.807, 2.05) is 37.3 Å². The maximum atomic E-state index is 14.5. The van der Waals surface area contributed by atoms with Crippen molar-refractivity contribution >= 4 is 29.1 Å². The minimum absolute atomic E-state index is 0.0406. The van der Waals surface area contributed by atoms with Crippen molar-refractivity contribution in [3.63, 3.8) is 0 Å². The van der Waals surface area contributed by atoms with Crippen molar-refractivity contribution in [2.24, 2.45) is 10.8 Å². The Morgan fingerprint density at radius 1 is 1.18 bits per heavy atom. The molecule has 2 aromatic carbocycles. The third kappa shape index (κ3) is 4.00. The van der Waals surface area contributed by atoms with Crippen LogP contribution in [0.2, 0.25) is 5.02 Å². The van der Waals surface area contributed by atoms with E-state index in [4.69, 9.17) is 25.8 Å². The van der Waals surface area contributed by atoms with E-state index in [-0.39, 0.29) is 45.5 Å². The van der Waals surface area contributed by atoms with Crippen LogP contribution in [0.3, 0.4) is 0 Å². The minimum Gasteiger partial charge on any atom is -0.505 e. The Hall–Kier alpha value is -3.78. The number of ether oxygens (including phenoxy) is 3. The molecule has 1 heterocycles. The van der Waals surface area contributed by atoms with Gasteiger partial charge in [0.15, 0.2) is 22.5 Å². The van der Waals surface area contributed by atoms with Gasteiger partial charge in [-0.25, -0.2) is 4.79 Å². The van der Waals surface area contributed by atoms with Gasteiger partial charge in [-0.15, -0.1) is 0 Å². The highest BCUT2D eigenvalue weighted by Gasteiger charge is 2.79. The number of halogens is 1. The number of carbonyl (C=O) groups is 2. The minimum atomic E-state index is -1.31. The molecule has 0 radical (unpaired) electrons. The highest BCUT2D eigenvalue weighted by atomic mass is 35.5. The molecule has 3 N–H and O–H groups in total. The Balaban J connectivity index is 1.62. The molecule has 8 nitrogen and oxygen atoms in total. The number of aromatic hydroxyl groups is 1. The van der Waals surface area contributed by atoms with Crippen LogP contribution in [-0.4, -0.2) is 47.8 Å². The van der Waals surface area contributed by atoms with Crippen LogP contribution < -0.4 is 14.8 Å². The van der Waals surface area contributed by atoms with Crippen molar-refractivity contribution in [1.82, 2.24) is 5.32 Å². The van der Waals surface area contributed by atoms with E-state index in [9.17, 15) is 19.5 Å². The lowest BCUT2D eigenvalue weighted by Crippen LogP contribution is -2.43. The Morgan fingerprint density at radius 3 is 2.46 bits per heavy atom. The Labute approximate surface area is 231 Å². The number of esters is 1. The summed E-state index contributed by atoms with van der Waals surface area (Å²) in [5.74, 6) is -1.77. The fraction of sp³-hybridized carbons (Fsp3) is 0.367. The van der Waals surface area contributed by atoms with Crippen molar-refractivity contribution in [2.75, 3.05) is 14.2 Å². The predicted octanol–water partition coefficient (Wildman–Crippen LogP) is 4.80. The molecule has 204 valence electrons. The molecule has 2 aliphatic carbocycles. The summed E-state index contributed by atoms with van der Waals surface area (Å²) in [6.45, 7) is 5.46. The molecular weight excluding hydrogens is 522 g/mol. The summed E-state index contributed by atoms with van der Waals surface area (Å²) in [7, 11) is 2.79. The highest BCUT2D eigenvalue weighted by molar-refractivity contribution is 6.35. The number of dihydropyridines is 1. The lowest BCUT2D eigenvalue weighted by molar-refractivity contribution is -0.143. The lowest BCUT2D eigenvalue weighted by atomic mass is 9.69. The van der Waals surface area contributed by atoms with E-state index in [0.717, 1.165) is 5.56 Å². The third-order valence-electron chi connectivity index (χ3n) is 7.99. The van der Waals surface area contributed by atoms with Gasteiger partial charge in [0.05, 0.1) is 20.3 Å². The molecule has 3 aliphatic rings. The first-order chi connectivity index (χ1) is 18.5. The van der Waals surface area contributed by atoms with Crippen LogP contribution in [0.5, 0.6) is 17.2 Å². The number of benzene rings is 2. The van der Waals surface area contributed by atoms with E-state index < -0.39 is 28.5 Å². The average molecular weight is 553 g/mol. The fourth-order valence-electron chi connectivity index (χ4n) is 6.00. The number of fused-ring (bicyclic) bond motifs is 1. The Morgan fingerprint density at radius 2 is 1.85 bits per heavy atom. The largest absolute Gasteiger partial charge is 0.505 e. The predicted molar refractivity (Wildman–Crippen MR) is 146 cm³/mol. The zero-order valence-corrected chi connectivity index (χ0v) is 23.2. The van der Waals surface area contributed by atoms with Crippen LogP contribution in [-0.2, 0) is 14.3 Å². The first kappa shape index (κ1) is 26.8. The van der Waals surface area contributed by atoms with Crippen LogP contribution in [0.25, 0.3) is 0 Å². The molecule has 1 aliphatic heterocycles. The lowest BCUT2D eigenvalue weighted by Gasteiger charge is -2.35. The number of carbonyl (C=O) groups excluding carboxylic acids is 3. The monoisotopic (exact) mass is 552 g/mol. The molecule has 0 amide bonds. The quantitative estimate of drug-likeness (QED) is 0.219. The summed E-state index contributed by atoms with van der Waals surface area (Å²) in [6.07, 6.45) is 2.12. The number of allylic oxidation sites excluding steroid dienone is 3. The van der Waals surface area contributed by atoms with Crippen molar-refractivity contribution in [3.05, 3.63) is 75.6 Å². The number of phenols is 1. The van der Waals surface area contributed by atoms with Gasteiger partial charge in [0.1, 0.15) is 22.2 Å². The number of hydrogen-bond acceptors (Lipinski definition) is 7. The van der Waals surface area contributed by atoms with Crippen molar-refractivity contribution in [3.8, 4) is 17.2 Å². The fourth-order valence-corrected chi connectivity index (χ4v) is 6.23. The van der Waals surface area contributed by atoms with Crippen LogP contribution in [0.15, 0.2) is 59.4 Å². The second kappa shape index (κ2) is 9.45. The van der Waals surface area contributed by atoms with Gasteiger partial charge in [0.25, 0.3) is 0 Å².